The molecule has 1 N–H and O–H groups in total. The van der Waals surface area contributed by atoms with E-state index >= 15 is 0 Å². The number of rotatable bonds is 2. The van der Waals surface area contributed by atoms with E-state index in [-0.39, 0.29) is 0 Å². The fraction of sp³-hybridized carbons (Fsp3) is 0.909. The molecule has 0 radical (unpaired) electrons. The summed E-state index contributed by atoms with van der Waals surface area (Å²) in [5, 5.41) is 3.36. The lowest BCUT2D eigenvalue weighted by molar-refractivity contribution is -0.131. The summed E-state index contributed by atoms with van der Waals surface area (Å²) in [5.74, 6) is 0.307. The molecule has 4 nitrogen and oxygen atoms in total. The minimum Gasteiger partial charge on any atom is -0.342 e. The van der Waals surface area contributed by atoms with E-state index in [4.69, 9.17) is 0 Å². The van der Waals surface area contributed by atoms with E-state index in [0.29, 0.717) is 18.5 Å². The van der Waals surface area contributed by atoms with Crippen LogP contribution in [0.2, 0.25) is 0 Å². The first-order valence-corrected chi connectivity index (χ1v) is 6.04. The number of carbonyl (C=O) groups excluding carboxylic acids is 1. The molecule has 1 unspecified atom stereocenters. The lowest BCUT2D eigenvalue weighted by Gasteiger charge is -2.25. The van der Waals surface area contributed by atoms with Gasteiger partial charge in [-0.05, 0) is 26.3 Å². The summed E-state index contributed by atoms with van der Waals surface area (Å²) in [5.41, 5.74) is 0. The molecule has 15 heavy (non-hydrogen) atoms. The minimum atomic E-state index is 0.307. The van der Waals surface area contributed by atoms with Crippen molar-refractivity contribution in [3.8, 4) is 0 Å². The van der Waals surface area contributed by atoms with Gasteiger partial charge in [-0.2, -0.15) is 0 Å². The maximum absolute atomic E-state index is 11.9. The van der Waals surface area contributed by atoms with Crippen LogP contribution in [0.3, 0.4) is 0 Å². The monoisotopic (exact) mass is 211 g/mol. The van der Waals surface area contributed by atoms with Crippen LogP contribution in [0.15, 0.2) is 0 Å². The number of nitrogens with one attached hydrogen (secondary N) is 1. The van der Waals surface area contributed by atoms with Crippen molar-refractivity contribution in [2.24, 2.45) is 0 Å². The second-order valence-electron chi connectivity index (χ2n) is 4.44. The maximum Gasteiger partial charge on any atom is 0.236 e. The van der Waals surface area contributed by atoms with E-state index < -0.39 is 0 Å². The topological polar surface area (TPSA) is 35.6 Å². The third kappa shape index (κ3) is 2.49. The Morgan fingerprint density at radius 2 is 2.33 bits per heavy atom. The van der Waals surface area contributed by atoms with E-state index in [9.17, 15) is 4.79 Å². The molecule has 0 saturated carbocycles. The number of likely N-dealkylation sites (N-methyl/N-ethyl adjacent to an activating group) is 1. The smallest absolute Gasteiger partial charge is 0.236 e. The molecule has 2 heterocycles. The van der Waals surface area contributed by atoms with Crippen LogP contribution in [-0.4, -0.2) is 61.0 Å². The molecule has 0 bridgehead atoms. The number of carbonyl (C=O) groups is 1. The molecule has 2 aliphatic heterocycles. The number of hydrogen-bond acceptors (Lipinski definition) is 3. The zero-order valence-electron chi connectivity index (χ0n) is 9.54. The van der Waals surface area contributed by atoms with Gasteiger partial charge in [0.05, 0.1) is 6.54 Å². The highest BCUT2D eigenvalue weighted by Gasteiger charge is 2.27. The highest BCUT2D eigenvalue weighted by molar-refractivity contribution is 5.78. The summed E-state index contributed by atoms with van der Waals surface area (Å²) in [6.07, 6.45) is 2.31. The molecule has 2 fully saturated rings. The average molecular weight is 211 g/mol. The van der Waals surface area contributed by atoms with Crippen molar-refractivity contribution in [1.82, 2.24) is 15.1 Å². The van der Waals surface area contributed by atoms with Gasteiger partial charge in [0, 0.05) is 32.2 Å². The summed E-state index contributed by atoms with van der Waals surface area (Å²) in [4.78, 5) is 16.2. The first kappa shape index (κ1) is 10.9. The summed E-state index contributed by atoms with van der Waals surface area (Å²) in [6.45, 7) is 7.72. The van der Waals surface area contributed by atoms with Crippen molar-refractivity contribution in [2.75, 3.05) is 39.3 Å². The van der Waals surface area contributed by atoms with Gasteiger partial charge in [-0.25, -0.2) is 0 Å². The second-order valence-corrected chi connectivity index (χ2v) is 4.44. The Balaban J connectivity index is 1.94. The Kier molecular flexibility index (Phi) is 3.59. The lowest BCUT2D eigenvalue weighted by atomic mass is 10.2. The first-order valence-electron chi connectivity index (χ1n) is 6.04. The van der Waals surface area contributed by atoms with Gasteiger partial charge in [0.1, 0.15) is 0 Å². The van der Waals surface area contributed by atoms with Gasteiger partial charge in [-0.3, -0.25) is 9.69 Å². The van der Waals surface area contributed by atoms with E-state index in [1.807, 2.05) is 4.90 Å². The molecule has 1 atom stereocenters. The Hall–Kier alpha value is -0.610. The Bertz CT molecular complexity index is 226. The molecule has 0 aromatic carbocycles. The Morgan fingerprint density at radius 1 is 1.47 bits per heavy atom. The standard InChI is InChI=1S/C11H21N3O/c1-2-13-6-3-7-14(9-11(13)15)10-4-5-12-8-10/h10,12H,2-9H2,1H3. The van der Waals surface area contributed by atoms with Gasteiger partial charge in [-0.15, -0.1) is 0 Å². The average Bonchev–Trinajstić information content (AvgIpc) is 2.69. The minimum absolute atomic E-state index is 0.307. The first-order chi connectivity index (χ1) is 7.31. The molecule has 1 amide bonds. The third-order valence-electron chi connectivity index (χ3n) is 3.50. The van der Waals surface area contributed by atoms with Gasteiger partial charge < -0.3 is 10.2 Å². The van der Waals surface area contributed by atoms with Crippen molar-refractivity contribution in [2.45, 2.75) is 25.8 Å². The van der Waals surface area contributed by atoms with Crippen LogP contribution < -0.4 is 5.32 Å². The van der Waals surface area contributed by atoms with Crippen LogP contribution in [0.1, 0.15) is 19.8 Å². The van der Waals surface area contributed by atoms with Crippen molar-refractivity contribution >= 4 is 5.91 Å². The quantitative estimate of drug-likeness (QED) is 0.693. The zero-order chi connectivity index (χ0) is 10.7. The van der Waals surface area contributed by atoms with Crippen molar-refractivity contribution in [1.29, 1.82) is 0 Å². The molecule has 0 aliphatic carbocycles. The molecule has 0 spiro atoms. The Labute approximate surface area is 91.6 Å². The number of nitrogens with zero attached hydrogens (tertiary/aromatic N) is 2. The zero-order valence-corrected chi connectivity index (χ0v) is 9.54. The van der Waals surface area contributed by atoms with Crippen LogP contribution in [0.4, 0.5) is 0 Å². The van der Waals surface area contributed by atoms with Crippen LogP contribution in [0, 0.1) is 0 Å². The second kappa shape index (κ2) is 4.94. The van der Waals surface area contributed by atoms with Crippen LogP contribution >= 0.6 is 0 Å². The highest BCUT2D eigenvalue weighted by atomic mass is 16.2. The molecule has 2 saturated heterocycles. The predicted molar refractivity (Wildman–Crippen MR) is 59.7 cm³/mol. The molecule has 0 aromatic heterocycles. The number of amides is 1. The summed E-state index contributed by atoms with van der Waals surface area (Å²) >= 11 is 0. The lowest BCUT2D eigenvalue weighted by Crippen LogP contribution is -2.42. The van der Waals surface area contributed by atoms with E-state index in [1.54, 1.807) is 0 Å². The fourth-order valence-electron chi connectivity index (χ4n) is 2.54. The summed E-state index contributed by atoms with van der Waals surface area (Å²) in [7, 11) is 0. The summed E-state index contributed by atoms with van der Waals surface area (Å²) < 4.78 is 0. The van der Waals surface area contributed by atoms with E-state index in [2.05, 4.69) is 17.1 Å². The van der Waals surface area contributed by atoms with Crippen LogP contribution in [-0.2, 0) is 4.79 Å². The molecule has 2 rings (SSSR count). The van der Waals surface area contributed by atoms with Gasteiger partial charge in [0.2, 0.25) is 5.91 Å². The maximum atomic E-state index is 11.9. The molecular weight excluding hydrogens is 190 g/mol. The van der Waals surface area contributed by atoms with Crippen LogP contribution in [0.25, 0.3) is 0 Å². The SMILES string of the molecule is CCN1CCCN(C2CCNC2)CC1=O. The normalized spacial score (nSPS) is 29.5. The van der Waals surface area contributed by atoms with Gasteiger partial charge in [0.25, 0.3) is 0 Å². The molecular formula is C11H21N3O. The van der Waals surface area contributed by atoms with Crippen molar-refractivity contribution in [3.05, 3.63) is 0 Å². The Morgan fingerprint density at radius 3 is 3.00 bits per heavy atom. The highest BCUT2D eigenvalue weighted by Crippen LogP contribution is 2.12. The van der Waals surface area contributed by atoms with Gasteiger partial charge in [-0.1, -0.05) is 0 Å². The number of hydrogen-bond donors (Lipinski definition) is 1. The van der Waals surface area contributed by atoms with Crippen LogP contribution in [0.5, 0.6) is 0 Å². The molecule has 0 aromatic rings. The van der Waals surface area contributed by atoms with E-state index in [1.165, 1.54) is 6.42 Å². The van der Waals surface area contributed by atoms with E-state index in [0.717, 1.165) is 39.1 Å². The predicted octanol–water partition coefficient (Wildman–Crippen LogP) is -0.0975. The van der Waals surface area contributed by atoms with Crippen molar-refractivity contribution < 1.29 is 4.79 Å². The molecule has 86 valence electrons. The molecule has 4 heteroatoms. The van der Waals surface area contributed by atoms with Crippen molar-refractivity contribution in [3.63, 3.8) is 0 Å². The largest absolute Gasteiger partial charge is 0.342 e. The fourth-order valence-corrected chi connectivity index (χ4v) is 2.54. The third-order valence-corrected chi connectivity index (χ3v) is 3.50. The summed E-state index contributed by atoms with van der Waals surface area (Å²) in [6, 6.07) is 0.589. The molecule has 2 aliphatic rings. The van der Waals surface area contributed by atoms with Gasteiger partial charge in [0.15, 0.2) is 0 Å². The van der Waals surface area contributed by atoms with Gasteiger partial charge >= 0.3 is 0 Å².